The van der Waals surface area contributed by atoms with Crippen molar-refractivity contribution in [2.75, 3.05) is 39.9 Å². The fourth-order valence-electron chi connectivity index (χ4n) is 3.19. The second kappa shape index (κ2) is 8.74. The first-order valence-corrected chi connectivity index (χ1v) is 8.79. The van der Waals surface area contributed by atoms with E-state index in [1.807, 2.05) is 24.8 Å². The number of rotatable bonds is 4. The molecule has 0 bridgehead atoms. The summed E-state index contributed by atoms with van der Waals surface area (Å²) in [5, 5.41) is 0. The summed E-state index contributed by atoms with van der Waals surface area (Å²) in [5.41, 5.74) is 3.11. The maximum absolute atomic E-state index is 12.8. The zero-order chi connectivity index (χ0) is 18.4. The molecule has 25 heavy (non-hydrogen) atoms. The summed E-state index contributed by atoms with van der Waals surface area (Å²) in [6.07, 6.45) is 0.774. The standard InChI is InChI=1S/C19H28N2O4/c1-5-25-19(23)21-8-6-7-20(9-10-21)18(22)13-16-15(3)11-14(2)12-17(16)24-4/h11-12H,5-10,13H2,1-4H3. The number of nitrogens with zero attached hydrogens (tertiary/aromatic N) is 2. The first kappa shape index (κ1) is 19.1. The molecule has 2 amide bonds. The smallest absolute Gasteiger partial charge is 0.409 e. The Hall–Kier alpha value is -2.24. The molecule has 1 heterocycles. The van der Waals surface area contributed by atoms with Crippen LogP contribution in [0, 0.1) is 13.8 Å². The summed E-state index contributed by atoms with van der Waals surface area (Å²) in [6.45, 7) is 8.49. The third-order valence-electron chi connectivity index (χ3n) is 4.50. The Labute approximate surface area is 149 Å². The average Bonchev–Trinajstić information content (AvgIpc) is 2.83. The summed E-state index contributed by atoms with van der Waals surface area (Å²) in [7, 11) is 1.63. The second-order valence-electron chi connectivity index (χ2n) is 6.36. The lowest BCUT2D eigenvalue weighted by Gasteiger charge is -2.22. The van der Waals surface area contributed by atoms with Gasteiger partial charge in [-0.1, -0.05) is 6.07 Å². The van der Waals surface area contributed by atoms with Gasteiger partial charge in [-0.15, -0.1) is 0 Å². The van der Waals surface area contributed by atoms with E-state index in [9.17, 15) is 9.59 Å². The van der Waals surface area contributed by atoms with E-state index in [1.165, 1.54) is 0 Å². The molecule has 0 saturated carbocycles. The summed E-state index contributed by atoms with van der Waals surface area (Å²) in [4.78, 5) is 28.1. The lowest BCUT2D eigenvalue weighted by Crippen LogP contribution is -2.38. The van der Waals surface area contributed by atoms with Gasteiger partial charge in [-0.05, 0) is 44.4 Å². The van der Waals surface area contributed by atoms with Crippen molar-refractivity contribution in [1.82, 2.24) is 9.80 Å². The Morgan fingerprint density at radius 2 is 1.76 bits per heavy atom. The molecule has 6 heteroatoms. The normalized spacial score (nSPS) is 14.9. The van der Waals surface area contributed by atoms with Crippen molar-refractivity contribution < 1.29 is 19.1 Å². The van der Waals surface area contributed by atoms with Crippen molar-refractivity contribution >= 4 is 12.0 Å². The molecule has 138 valence electrons. The first-order valence-electron chi connectivity index (χ1n) is 8.79. The number of carbonyl (C=O) groups excluding carboxylic acids is 2. The van der Waals surface area contributed by atoms with E-state index >= 15 is 0 Å². The topological polar surface area (TPSA) is 59.1 Å². The molecule has 1 fully saturated rings. The second-order valence-corrected chi connectivity index (χ2v) is 6.36. The van der Waals surface area contributed by atoms with Gasteiger partial charge < -0.3 is 19.3 Å². The Balaban J connectivity index is 2.03. The van der Waals surface area contributed by atoms with Gasteiger partial charge in [0.1, 0.15) is 5.75 Å². The van der Waals surface area contributed by atoms with E-state index in [1.54, 1.807) is 18.9 Å². The molecular formula is C19H28N2O4. The van der Waals surface area contributed by atoms with Crippen molar-refractivity contribution in [3.63, 3.8) is 0 Å². The average molecular weight is 348 g/mol. The van der Waals surface area contributed by atoms with Gasteiger partial charge in [0.2, 0.25) is 5.91 Å². The highest BCUT2D eigenvalue weighted by Gasteiger charge is 2.23. The number of hydrogen-bond acceptors (Lipinski definition) is 4. The van der Waals surface area contributed by atoms with Gasteiger partial charge in [-0.2, -0.15) is 0 Å². The van der Waals surface area contributed by atoms with Gasteiger partial charge in [0, 0.05) is 31.7 Å². The van der Waals surface area contributed by atoms with Crippen molar-refractivity contribution in [3.05, 3.63) is 28.8 Å². The van der Waals surface area contributed by atoms with Crippen LogP contribution in [0.1, 0.15) is 30.0 Å². The van der Waals surface area contributed by atoms with Crippen LogP contribution in [0.2, 0.25) is 0 Å². The van der Waals surface area contributed by atoms with Gasteiger partial charge in [-0.25, -0.2) is 4.79 Å². The van der Waals surface area contributed by atoms with E-state index in [0.717, 1.165) is 28.9 Å². The van der Waals surface area contributed by atoms with Gasteiger partial charge in [0.25, 0.3) is 0 Å². The molecule has 1 aliphatic heterocycles. The van der Waals surface area contributed by atoms with E-state index in [0.29, 0.717) is 39.2 Å². The van der Waals surface area contributed by atoms with Gasteiger partial charge in [0.15, 0.2) is 0 Å². The Morgan fingerprint density at radius 3 is 2.44 bits per heavy atom. The quantitative estimate of drug-likeness (QED) is 0.839. The molecule has 0 aromatic heterocycles. The minimum atomic E-state index is -0.298. The fraction of sp³-hybridized carbons (Fsp3) is 0.579. The van der Waals surface area contributed by atoms with Crippen molar-refractivity contribution in [2.45, 2.75) is 33.6 Å². The van der Waals surface area contributed by atoms with E-state index in [4.69, 9.17) is 9.47 Å². The van der Waals surface area contributed by atoms with Crippen molar-refractivity contribution in [2.24, 2.45) is 0 Å². The van der Waals surface area contributed by atoms with E-state index in [-0.39, 0.29) is 12.0 Å². The molecule has 0 unspecified atom stereocenters. The number of amides is 2. The summed E-state index contributed by atoms with van der Waals surface area (Å²) in [5.74, 6) is 0.824. The molecule has 0 aliphatic carbocycles. The summed E-state index contributed by atoms with van der Waals surface area (Å²) >= 11 is 0. The number of methoxy groups -OCH3 is 1. The Kier molecular flexibility index (Phi) is 6.67. The molecule has 1 aromatic carbocycles. The Morgan fingerprint density at radius 1 is 1.08 bits per heavy atom. The fourth-order valence-corrected chi connectivity index (χ4v) is 3.19. The van der Waals surface area contributed by atoms with Crippen LogP contribution in [0.4, 0.5) is 4.79 Å². The van der Waals surface area contributed by atoms with Gasteiger partial charge in [0.05, 0.1) is 20.1 Å². The van der Waals surface area contributed by atoms with Crippen LogP contribution in [-0.4, -0.2) is 61.7 Å². The third-order valence-corrected chi connectivity index (χ3v) is 4.50. The molecule has 1 saturated heterocycles. The molecular weight excluding hydrogens is 320 g/mol. The van der Waals surface area contributed by atoms with Crippen LogP contribution >= 0.6 is 0 Å². The van der Waals surface area contributed by atoms with Crippen LogP contribution in [-0.2, 0) is 16.0 Å². The maximum atomic E-state index is 12.8. The maximum Gasteiger partial charge on any atom is 0.409 e. The number of benzene rings is 1. The molecule has 1 aliphatic rings. The highest BCUT2D eigenvalue weighted by molar-refractivity contribution is 5.80. The summed E-state index contributed by atoms with van der Waals surface area (Å²) in [6, 6.07) is 4.02. The summed E-state index contributed by atoms with van der Waals surface area (Å²) < 4.78 is 10.5. The first-order chi connectivity index (χ1) is 12.0. The predicted octanol–water partition coefficient (Wildman–Crippen LogP) is 2.55. The SMILES string of the molecule is CCOC(=O)N1CCCN(C(=O)Cc2c(C)cc(C)cc2OC)CC1. The molecule has 2 rings (SSSR count). The highest BCUT2D eigenvalue weighted by atomic mass is 16.6. The van der Waals surface area contributed by atoms with Crippen molar-refractivity contribution in [3.8, 4) is 5.75 Å². The van der Waals surface area contributed by atoms with Crippen LogP contribution in [0.15, 0.2) is 12.1 Å². The molecule has 1 aromatic rings. The van der Waals surface area contributed by atoms with Crippen LogP contribution in [0.25, 0.3) is 0 Å². The van der Waals surface area contributed by atoms with Gasteiger partial charge >= 0.3 is 6.09 Å². The molecule has 0 atom stereocenters. The molecule has 0 spiro atoms. The van der Waals surface area contributed by atoms with Crippen LogP contribution in [0.5, 0.6) is 5.75 Å². The Bertz CT molecular complexity index is 630. The number of hydrogen-bond donors (Lipinski definition) is 0. The zero-order valence-corrected chi connectivity index (χ0v) is 15.6. The van der Waals surface area contributed by atoms with E-state index < -0.39 is 0 Å². The van der Waals surface area contributed by atoms with Gasteiger partial charge in [-0.3, -0.25) is 4.79 Å². The predicted molar refractivity (Wildman–Crippen MR) is 96.0 cm³/mol. The molecule has 6 nitrogen and oxygen atoms in total. The number of aryl methyl sites for hydroxylation is 2. The number of ether oxygens (including phenoxy) is 2. The lowest BCUT2D eigenvalue weighted by molar-refractivity contribution is -0.130. The van der Waals surface area contributed by atoms with E-state index in [2.05, 4.69) is 6.07 Å². The van der Waals surface area contributed by atoms with Crippen LogP contribution < -0.4 is 4.74 Å². The zero-order valence-electron chi connectivity index (χ0n) is 15.6. The van der Waals surface area contributed by atoms with Crippen LogP contribution in [0.3, 0.4) is 0 Å². The highest BCUT2D eigenvalue weighted by Crippen LogP contribution is 2.25. The number of carbonyl (C=O) groups is 2. The third kappa shape index (κ3) is 4.87. The molecule has 0 radical (unpaired) electrons. The largest absolute Gasteiger partial charge is 0.496 e. The monoisotopic (exact) mass is 348 g/mol. The lowest BCUT2D eigenvalue weighted by atomic mass is 10.0. The minimum absolute atomic E-state index is 0.0657. The van der Waals surface area contributed by atoms with Crippen molar-refractivity contribution in [1.29, 1.82) is 0 Å². The molecule has 0 N–H and O–H groups in total. The minimum Gasteiger partial charge on any atom is -0.496 e.